The van der Waals surface area contributed by atoms with Gasteiger partial charge >= 0.3 is 5.69 Å². The van der Waals surface area contributed by atoms with E-state index < -0.39 is 16.3 Å². The number of rotatable bonds is 11. The van der Waals surface area contributed by atoms with Crippen LogP contribution in [0.2, 0.25) is 0 Å². The Morgan fingerprint density at radius 1 is 1.04 bits per heavy atom. The molecule has 46 heavy (non-hydrogen) atoms. The van der Waals surface area contributed by atoms with Crippen molar-refractivity contribution < 1.29 is 23.5 Å². The summed E-state index contributed by atoms with van der Waals surface area (Å²) in [6.07, 6.45) is 1.33. The monoisotopic (exact) mass is 624 g/mol. The van der Waals surface area contributed by atoms with Crippen LogP contribution < -0.4 is 19.8 Å². The molecule has 0 aliphatic rings. The van der Waals surface area contributed by atoms with Crippen LogP contribution in [0.3, 0.4) is 0 Å². The Balaban J connectivity index is 1.63. The smallest absolute Gasteiger partial charge is 0.315 e. The molecule has 0 bridgehead atoms. The number of nitrogens with zero attached hydrogens (tertiary/aromatic N) is 4. The number of halogens is 1. The Labute approximate surface area is 264 Å². The molecule has 0 fully saturated rings. The molecule has 5 rings (SSSR count). The Hall–Kier alpha value is -5.58. The second-order valence-electron chi connectivity index (χ2n) is 10.9. The van der Waals surface area contributed by atoms with Gasteiger partial charge in [0.15, 0.2) is 11.6 Å². The first-order valence-corrected chi connectivity index (χ1v) is 14.7. The van der Waals surface area contributed by atoms with Crippen LogP contribution in [0.1, 0.15) is 48.9 Å². The largest absolute Gasteiger partial charge is 0.494 e. The van der Waals surface area contributed by atoms with Gasteiger partial charge in [-0.15, -0.1) is 0 Å². The van der Waals surface area contributed by atoms with E-state index in [-0.39, 0.29) is 35.3 Å². The fourth-order valence-electron chi connectivity index (χ4n) is 5.10. The number of benzene rings is 4. The van der Waals surface area contributed by atoms with E-state index in [1.54, 1.807) is 30.3 Å². The van der Waals surface area contributed by atoms with Gasteiger partial charge in [0.2, 0.25) is 5.75 Å². The maximum Gasteiger partial charge on any atom is 0.315 e. The quantitative estimate of drug-likeness (QED) is 0.0853. The summed E-state index contributed by atoms with van der Waals surface area (Å²) in [5.41, 5.74) is 2.95. The molecule has 0 unspecified atom stereocenters. The van der Waals surface area contributed by atoms with Crippen LogP contribution in [0.5, 0.6) is 17.2 Å². The topological polar surface area (TPSA) is 118 Å². The summed E-state index contributed by atoms with van der Waals surface area (Å²) in [6, 6.07) is 19.4. The summed E-state index contributed by atoms with van der Waals surface area (Å²) in [4.78, 5) is 30.2. The minimum Gasteiger partial charge on any atom is -0.494 e. The number of methoxy groups -OCH3 is 1. The summed E-state index contributed by atoms with van der Waals surface area (Å²) in [6.45, 7) is 8.33. The first-order valence-electron chi connectivity index (χ1n) is 14.7. The standard InChI is InChI=1S/C35H33FN4O6/c1-6-45-31-14-22(4)28(18-27(31)21(2)3)34-38-29-13-8-7-12-26(29)35(41)39(34)37-19-24-16-30(40(42)43)33(32(17-24)44-5)46-20-23-10-9-11-25(36)15-23/h7-19,21H,6,20H2,1-5H3. The van der Waals surface area contributed by atoms with Gasteiger partial charge in [-0.1, -0.05) is 38.1 Å². The lowest BCUT2D eigenvalue weighted by molar-refractivity contribution is -0.386. The van der Waals surface area contributed by atoms with Crippen molar-refractivity contribution in [3.63, 3.8) is 0 Å². The summed E-state index contributed by atoms with van der Waals surface area (Å²) >= 11 is 0. The van der Waals surface area contributed by atoms with Gasteiger partial charge in [0.05, 0.1) is 35.8 Å². The third kappa shape index (κ3) is 6.58. The van der Waals surface area contributed by atoms with Gasteiger partial charge in [0, 0.05) is 17.2 Å². The summed E-state index contributed by atoms with van der Waals surface area (Å²) in [5.74, 6) is 0.688. The van der Waals surface area contributed by atoms with Gasteiger partial charge in [-0.05, 0) is 78.9 Å². The molecule has 0 saturated carbocycles. The summed E-state index contributed by atoms with van der Waals surface area (Å²) in [5, 5.41) is 17.0. The lowest BCUT2D eigenvalue weighted by Crippen LogP contribution is -2.21. The first-order chi connectivity index (χ1) is 22.1. The van der Waals surface area contributed by atoms with Crippen LogP contribution in [0.4, 0.5) is 10.1 Å². The van der Waals surface area contributed by atoms with Gasteiger partial charge in [-0.2, -0.15) is 9.78 Å². The number of nitro benzene ring substituents is 1. The Kier molecular flexibility index (Phi) is 9.41. The molecule has 11 heteroatoms. The van der Waals surface area contributed by atoms with E-state index in [1.807, 2.05) is 26.0 Å². The molecule has 0 aliphatic heterocycles. The molecule has 0 spiro atoms. The fraction of sp³-hybridized carbons (Fsp3) is 0.229. The number of nitro groups is 1. The van der Waals surface area contributed by atoms with Crippen molar-refractivity contribution in [1.29, 1.82) is 0 Å². The van der Waals surface area contributed by atoms with Crippen molar-refractivity contribution in [2.24, 2.45) is 5.10 Å². The molecule has 0 saturated heterocycles. The van der Waals surface area contributed by atoms with E-state index in [0.29, 0.717) is 34.5 Å². The summed E-state index contributed by atoms with van der Waals surface area (Å²) < 4.78 is 31.9. The van der Waals surface area contributed by atoms with Gasteiger partial charge in [0.1, 0.15) is 18.2 Å². The lowest BCUT2D eigenvalue weighted by atomic mass is 9.96. The molecule has 0 atom stereocenters. The molecule has 4 aromatic carbocycles. The van der Waals surface area contributed by atoms with Crippen molar-refractivity contribution in [2.45, 2.75) is 40.2 Å². The normalized spacial score (nSPS) is 11.4. The number of ether oxygens (including phenoxy) is 3. The van der Waals surface area contributed by atoms with E-state index in [4.69, 9.17) is 19.2 Å². The van der Waals surface area contributed by atoms with Crippen molar-refractivity contribution in [3.8, 4) is 28.6 Å². The minimum atomic E-state index is -0.604. The number of fused-ring (bicyclic) bond motifs is 1. The number of hydrogen-bond acceptors (Lipinski definition) is 8. The Morgan fingerprint density at radius 3 is 2.52 bits per heavy atom. The molecule has 1 aromatic heterocycles. The van der Waals surface area contributed by atoms with Crippen LogP contribution in [0.15, 0.2) is 82.7 Å². The summed E-state index contributed by atoms with van der Waals surface area (Å²) in [7, 11) is 1.35. The molecule has 0 N–H and O–H groups in total. The van der Waals surface area contributed by atoms with Crippen LogP contribution in [0, 0.1) is 22.9 Å². The van der Waals surface area contributed by atoms with Gasteiger partial charge < -0.3 is 14.2 Å². The van der Waals surface area contributed by atoms with Crippen molar-refractivity contribution >= 4 is 22.8 Å². The van der Waals surface area contributed by atoms with E-state index in [0.717, 1.165) is 16.9 Å². The van der Waals surface area contributed by atoms with Crippen LogP contribution in [0.25, 0.3) is 22.3 Å². The molecule has 0 radical (unpaired) electrons. The highest BCUT2D eigenvalue weighted by Crippen LogP contribution is 2.39. The molecule has 0 amide bonds. The van der Waals surface area contributed by atoms with Crippen molar-refractivity contribution in [1.82, 2.24) is 9.66 Å². The van der Waals surface area contributed by atoms with Crippen LogP contribution in [-0.2, 0) is 6.61 Å². The average Bonchev–Trinajstić information content (AvgIpc) is 3.03. The van der Waals surface area contributed by atoms with Gasteiger partial charge in [-0.3, -0.25) is 14.9 Å². The minimum absolute atomic E-state index is 0.0696. The van der Waals surface area contributed by atoms with Gasteiger partial charge in [-0.25, -0.2) is 9.37 Å². The lowest BCUT2D eigenvalue weighted by Gasteiger charge is -2.18. The average molecular weight is 625 g/mol. The number of para-hydroxylation sites is 1. The van der Waals surface area contributed by atoms with Crippen LogP contribution in [-0.4, -0.2) is 34.5 Å². The van der Waals surface area contributed by atoms with Crippen molar-refractivity contribution in [2.75, 3.05) is 13.7 Å². The Bertz CT molecular complexity index is 2020. The third-order valence-electron chi connectivity index (χ3n) is 7.34. The van der Waals surface area contributed by atoms with E-state index in [9.17, 15) is 19.3 Å². The Morgan fingerprint density at radius 2 is 1.83 bits per heavy atom. The molecular formula is C35H33FN4O6. The van der Waals surface area contributed by atoms with E-state index in [1.165, 1.54) is 48.3 Å². The van der Waals surface area contributed by atoms with Crippen molar-refractivity contribution in [3.05, 3.63) is 121 Å². The highest BCUT2D eigenvalue weighted by molar-refractivity contribution is 5.84. The van der Waals surface area contributed by atoms with E-state index >= 15 is 0 Å². The second kappa shape index (κ2) is 13.6. The predicted molar refractivity (Wildman–Crippen MR) is 175 cm³/mol. The predicted octanol–water partition coefficient (Wildman–Crippen LogP) is 7.41. The maximum absolute atomic E-state index is 13.8. The zero-order valence-corrected chi connectivity index (χ0v) is 26.1. The molecular weight excluding hydrogens is 591 g/mol. The maximum atomic E-state index is 13.8. The highest BCUT2D eigenvalue weighted by Gasteiger charge is 2.23. The SMILES string of the molecule is CCOc1cc(C)c(-c2nc3ccccc3c(=O)n2N=Cc2cc(OC)c(OCc3cccc(F)c3)c([N+](=O)[O-])c2)cc1C(C)C. The zero-order chi connectivity index (χ0) is 33.0. The molecule has 0 aliphatic carbocycles. The molecule has 5 aromatic rings. The zero-order valence-electron chi connectivity index (χ0n) is 26.1. The molecule has 10 nitrogen and oxygen atoms in total. The van der Waals surface area contributed by atoms with Gasteiger partial charge in [0.25, 0.3) is 5.56 Å². The highest BCUT2D eigenvalue weighted by atomic mass is 19.1. The number of hydrogen-bond donors (Lipinski definition) is 0. The fourth-order valence-corrected chi connectivity index (χ4v) is 5.10. The second-order valence-corrected chi connectivity index (χ2v) is 10.9. The third-order valence-corrected chi connectivity index (χ3v) is 7.34. The molecule has 236 valence electrons. The van der Waals surface area contributed by atoms with Crippen LogP contribution >= 0.6 is 0 Å². The number of aromatic nitrogens is 2. The molecule has 1 heterocycles. The van der Waals surface area contributed by atoms with E-state index in [2.05, 4.69) is 18.9 Å². The number of aryl methyl sites for hydroxylation is 1. The first kappa shape index (κ1) is 31.8.